The summed E-state index contributed by atoms with van der Waals surface area (Å²) in [5.74, 6) is 0.648. The second-order valence-electron chi connectivity index (χ2n) is 7.79. The zero-order valence-corrected chi connectivity index (χ0v) is 19.9. The van der Waals surface area contributed by atoms with Gasteiger partial charge in [0.15, 0.2) is 5.13 Å². The van der Waals surface area contributed by atoms with Crippen molar-refractivity contribution >= 4 is 45.9 Å². The zero-order valence-electron chi connectivity index (χ0n) is 18.2. The Morgan fingerprint density at radius 1 is 1.22 bits per heavy atom. The van der Waals surface area contributed by atoms with Crippen LogP contribution in [0, 0.1) is 6.92 Å². The summed E-state index contributed by atoms with van der Waals surface area (Å²) < 4.78 is 1.01. The third-order valence-electron chi connectivity index (χ3n) is 5.28. The van der Waals surface area contributed by atoms with E-state index in [2.05, 4.69) is 15.3 Å². The molecule has 1 N–H and O–H groups in total. The lowest BCUT2D eigenvalue weighted by Crippen LogP contribution is -2.45. The Hall–Kier alpha value is -2.91. The van der Waals surface area contributed by atoms with E-state index in [1.807, 2.05) is 49.5 Å². The van der Waals surface area contributed by atoms with Crippen molar-refractivity contribution in [2.24, 2.45) is 0 Å². The van der Waals surface area contributed by atoms with Crippen LogP contribution in [0.3, 0.4) is 0 Å². The SMILES string of the molecule is Cc1ccc(Sc2cnc(Nc3ccccn3)s2)cc1C(=O)N1CCC[C@H]1C(=O)N(C)C. The van der Waals surface area contributed by atoms with E-state index in [1.54, 1.807) is 41.9 Å². The minimum Gasteiger partial charge on any atom is -0.347 e. The van der Waals surface area contributed by atoms with Gasteiger partial charge in [-0.05, 0) is 49.6 Å². The molecule has 9 heteroatoms. The number of hydrogen-bond acceptors (Lipinski definition) is 7. The van der Waals surface area contributed by atoms with Crippen molar-refractivity contribution < 1.29 is 9.59 Å². The number of thiazole rings is 1. The minimum atomic E-state index is -0.380. The summed E-state index contributed by atoms with van der Waals surface area (Å²) in [5, 5.41) is 3.96. The Kier molecular flexibility index (Phi) is 6.76. The quantitative estimate of drug-likeness (QED) is 0.578. The van der Waals surface area contributed by atoms with Gasteiger partial charge in [0.25, 0.3) is 5.91 Å². The van der Waals surface area contributed by atoms with Crippen molar-refractivity contribution in [2.75, 3.05) is 26.0 Å². The number of likely N-dealkylation sites (N-methyl/N-ethyl adjacent to an activating group) is 1. The fourth-order valence-electron chi connectivity index (χ4n) is 3.64. The number of benzene rings is 1. The van der Waals surface area contributed by atoms with Gasteiger partial charge in [-0.25, -0.2) is 9.97 Å². The molecule has 3 heterocycles. The summed E-state index contributed by atoms with van der Waals surface area (Å²) >= 11 is 3.09. The van der Waals surface area contributed by atoms with Crippen molar-refractivity contribution in [3.8, 4) is 0 Å². The number of nitrogens with zero attached hydrogens (tertiary/aromatic N) is 4. The predicted octanol–water partition coefficient (Wildman–Crippen LogP) is 4.43. The van der Waals surface area contributed by atoms with Crippen LogP contribution < -0.4 is 5.32 Å². The molecular weight excluding hydrogens is 442 g/mol. The Morgan fingerprint density at radius 2 is 2.06 bits per heavy atom. The minimum absolute atomic E-state index is 0.0170. The number of nitrogens with one attached hydrogen (secondary N) is 1. The van der Waals surface area contributed by atoms with Crippen LogP contribution in [0.2, 0.25) is 0 Å². The van der Waals surface area contributed by atoms with Gasteiger partial charge in [-0.2, -0.15) is 0 Å². The van der Waals surface area contributed by atoms with Gasteiger partial charge in [0, 0.05) is 37.3 Å². The average molecular weight is 468 g/mol. The summed E-state index contributed by atoms with van der Waals surface area (Å²) in [6, 6.07) is 11.2. The van der Waals surface area contributed by atoms with Gasteiger partial charge in [0.1, 0.15) is 11.9 Å². The predicted molar refractivity (Wildman–Crippen MR) is 128 cm³/mol. The van der Waals surface area contributed by atoms with E-state index in [4.69, 9.17) is 0 Å². The zero-order chi connectivity index (χ0) is 22.7. The fourth-order valence-corrected chi connectivity index (χ4v) is 5.54. The molecule has 0 saturated carbocycles. The topological polar surface area (TPSA) is 78.4 Å². The highest BCUT2D eigenvalue weighted by Crippen LogP contribution is 2.36. The molecular formula is C23H25N5O2S2. The van der Waals surface area contributed by atoms with E-state index in [0.717, 1.165) is 32.0 Å². The first kappa shape index (κ1) is 22.3. The molecule has 0 unspecified atom stereocenters. The van der Waals surface area contributed by atoms with Crippen LogP contribution in [0.1, 0.15) is 28.8 Å². The standard InChI is InChI=1S/C23H25N5O2S2/c1-15-9-10-16(31-20-14-25-23(32-20)26-19-8-4-5-11-24-19)13-17(15)21(29)28-12-6-7-18(28)22(30)27(2)3/h4-5,8-11,13-14,18H,6-7,12H2,1-3H3,(H,24,25,26)/t18-/m0/s1. The first-order valence-electron chi connectivity index (χ1n) is 10.4. The van der Waals surface area contributed by atoms with Gasteiger partial charge in [0.2, 0.25) is 5.91 Å². The summed E-state index contributed by atoms with van der Waals surface area (Å²) in [4.78, 5) is 38.8. The number of aromatic nitrogens is 2. The van der Waals surface area contributed by atoms with Crippen LogP contribution in [0.15, 0.2) is 57.9 Å². The molecule has 1 aliphatic rings. The fraction of sp³-hybridized carbons (Fsp3) is 0.304. The third kappa shape index (κ3) is 4.94. The van der Waals surface area contributed by atoms with E-state index in [1.165, 1.54) is 11.3 Å². The maximum atomic E-state index is 13.3. The number of rotatable bonds is 6. The molecule has 7 nitrogen and oxygen atoms in total. The molecule has 4 rings (SSSR count). The molecule has 2 aromatic heterocycles. The molecule has 0 bridgehead atoms. The Morgan fingerprint density at radius 3 is 2.81 bits per heavy atom. The third-order valence-corrected chi connectivity index (χ3v) is 7.29. The molecule has 1 atom stereocenters. The highest BCUT2D eigenvalue weighted by atomic mass is 32.2. The van der Waals surface area contributed by atoms with Crippen molar-refractivity contribution in [1.82, 2.24) is 19.8 Å². The molecule has 166 valence electrons. The molecule has 1 aromatic carbocycles. The van der Waals surface area contributed by atoms with E-state index in [-0.39, 0.29) is 17.9 Å². The van der Waals surface area contributed by atoms with E-state index in [9.17, 15) is 9.59 Å². The maximum Gasteiger partial charge on any atom is 0.254 e. The number of hydrogen-bond donors (Lipinski definition) is 1. The molecule has 1 saturated heterocycles. The van der Waals surface area contributed by atoms with Crippen molar-refractivity contribution in [3.63, 3.8) is 0 Å². The Labute approximate surface area is 195 Å². The number of aryl methyl sites for hydroxylation is 1. The monoisotopic (exact) mass is 467 g/mol. The average Bonchev–Trinajstić information content (AvgIpc) is 3.44. The Balaban J connectivity index is 1.49. The number of carbonyl (C=O) groups excluding carboxylic acids is 2. The summed E-state index contributed by atoms with van der Waals surface area (Å²) in [6.45, 7) is 2.54. The molecule has 1 aliphatic heterocycles. The van der Waals surface area contributed by atoms with Crippen LogP contribution in [0.25, 0.3) is 0 Å². The van der Waals surface area contributed by atoms with E-state index >= 15 is 0 Å². The van der Waals surface area contributed by atoms with Gasteiger partial charge in [0.05, 0.1) is 10.4 Å². The van der Waals surface area contributed by atoms with Gasteiger partial charge < -0.3 is 15.1 Å². The lowest BCUT2D eigenvalue weighted by Gasteiger charge is -2.27. The van der Waals surface area contributed by atoms with Crippen LogP contribution in [0.4, 0.5) is 10.9 Å². The molecule has 32 heavy (non-hydrogen) atoms. The summed E-state index contributed by atoms with van der Waals surface area (Å²) in [5.41, 5.74) is 1.55. The van der Waals surface area contributed by atoms with Crippen LogP contribution >= 0.6 is 23.1 Å². The number of anilines is 2. The van der Waals surface area contributed by atoms with Crippen molar-refractivity contribution in [2.45, 2.75) is 34.9 Å². The molecule has 0 spiro atoms. The van der Waals surface area contributed by atoms with Crippen LogP contribution in [0.5, 0.6) is 0 Å². The van der Waals surface area contributed by atoms with Gasteiger partial charge >= 0.3 is 0 Å². The normalized spacial score (nSPS) is 15.6. The number of amides is 2. The van der Waals surface area contributed by atoms with Gasteiger partial charge in [-0.1, -0.05) is 35.2 Å². The number of pyridine rings is 1. The second kappa shape index (κ2) is 9.70. The lowest BCUT2D eigenvalue weighted by atomic mass is 10.1. The van der Waals surface area contributed by atoms with Crippen molar-refractivity contribution in [1.29, 1.82) is 0 Å². The summed E-state index contributed by atoms with van der Waals surface area (Å²) in [7, 11) is 3.47. The van der Waals surface area contributed by atoms with Gasteiger partial charge in [-0.15, -0.1) is 0 Å². The van der Waals surface area contributed by atoms with Gasteiger partial charge in [-0.3, -0.25) is 9.59 Å². The molecule has 1 fully saturated rings. The van der Waals surface area contributed by atoms with Crippen molar-refractivity contribution in [3.05, 3.63) is 59.9 Å². The largest absolute Gasteiger partial charge is 0.347 e. The number of carbonyl (C=O) groups is 2. The second-order valence-corrected chi connectivity index (χ2v) is 10.2. The maximum absolute atomic E-state index is 13.3. The highest BCUT2D eigenvalue weighted by molar-refractivity contribution is 8.01. The van der Waals surface area contributed by atoms with E-state index in [0.29, 0.717) is 18.5 Å². The first-order valence-corrected chi connectivity index (χ1v) is 12.0. The molecule has 3 aromatic rings. The smallest absolute Gasteiger partial charge is 0.254 e. The molecule has 0 radical (unpaired) electrons. The lowest BCUT2D eigenvalue weighted by molar-refractivity contribution is -0.132. The molecule has 2 amide bonds. The van der Waals surface area contributed by atoms with Crippen LogP contribution in [-0.2, 0) is 4.79 Å². The first-order chi connectivity index (χ1) is 15.4. The summed E-state index contributed by atoms with van der Waals surface area (Å²) in [6.07, 6.45) is 5.10. The Bertz CT molecular complexity index is 1120. The van der Waals surface area contributed by atoms with Crippen LogP contribution in [-0.4, -0.2) is 58.3 Å². The molecule has 0 aliphatic carbocycles. The highest BCUT2D eigenvalue weighted by Gasteiger charge is 2.35. The van der Waals surface area contributed by atoms with E-state index < -0.39 is 0 Å². The number of likely N-dealkylation sites (tertiary alicyclic amines) is 1.